The van der Waals surface area contributed by atoms with Gasteiger partial charge in [-0.3, -0.25) is 0 Å². The van der Waals surface area contributed by atoms with Gasteiger partial charge in [-0.05, 0) is 17.2 Å². The molecule has 19 heavy (non-hydrogen) atoms. The predicted molar refractivity (Wildman–Crippen MR) is 75.9 cm³/mol. The third-order valence-electron chi connectivity index (χ3n) is 3.12. The van der Waals surface area contributed by atoms with Crippen molar-refractivity contribution < 1.29 is 0 Å². The summed E-state index contributed by atoms with van der Waals surface area (Å²) in [5.41, 5.74) is 2.46. The number of hydrogen-bond acceptors (Lipinski definition) is 1. The van der Waals surface area contributed by atoms with Crippen molar-refractivity contribution in [3.05, 3.63) is 90.0 Å². The third kappa shape index (κ3) is 2.91. The number of nitrogens with zero attached hydrogens (tertiary/aromatic N) is 2. The normalized spacial score (nSPS) is 10.5. The second-order valence-corrected chi connectivity index (χ2v) is 4.52. The van der Waals surface area contributed by atoms with Gasteiger partial charge < -0.3 is 4.57 Å². The molecule has 0 spiro atoms. The molecule has 0 aliphatic rings. The first-order valence-corrected chi connectivity index (χ1v) is 6.41. The molecule has 3 rings (SSSR count). The Morgan fingerprint density at radius 3 is 2.63 bits per heavy atom. The zero-order valence-corrected chi connectivity index (χ0v) is 10.7. The first-order valence-electron chi connectivity index (χ1n) is 6.41. The SMILES string of the molecule is [c]1ccccc1Cc1nccn1Cc1ccccc1. The summed E-state index contributed by atoms with van der Waals surface area (Å²) in [4.78, 5) is 4.45. The van der Waals surface area contributed by atoms with E-state index in [-0.39, 0.29) is 0 Å². The van der Waals surface area contributed by atoms with E-state index < -0.39 is 0 Å². The van der Waals surface area contributed by atoms with Crippen molar-refractivity contribution in [2.45, 2.75) is 13.0 Å². The zero-order chi connectivity index (χ0) is 12.9. The summed E-state index contributed by atoms with van der Waals surface area (Å²) in [6.45, 7) is 0.864. The number of rotatable bonds is 4. The summed E-state index contributed by atoms with van der Waals surface area (Å²) in [5, 5.41) is 0. The van der Waals surface area contributed by atoms with Gasteiger partial charge in [-0.2, -0.15) is 0 Å². The second-order valence-electron chi connectivity index (χ2n) is 4.52. The molecule has 0 N–H and O–H groups in total. The van der Waals surface area contributed by atoms with E-state index in [1.54, 1.807) is 0 Å². The van der Waals surface area contributed by atoms with Crippen LogP contribution in [0.2, 0.25) is 0 Å². The predicted octanol–water partition coefficient (Wildman–Crippen LogP) is 3.32. The van der Waals surface area contributed by atoms with Crippen LogP contribution in [0.3, 0.4) is 0 Å². The quantitative estimate of drug-likeness (QED) is 0.691. The molecule has 0 atom stereocenters. The van der Waals surface area contributed by atoms with Crippen LogP contribution in [0.5, 0.6) is 0 Å². The first kappa shape index (κ1) is 11.7. The standard InChI is InChI=1S/C17H15N2/c1-3-7-15(8-4-1)13-17-18-11-12-19(17)14-16-9-5-2-6-10-16/h1-7,9-12H,13-14H2. The average molecular weight is 247 g/mol. The lowest BCUT2D eigenvalue weighted by atomic mass is 10.1. The van der Waals surface area contributed by atoms with Crippen molar-refractivity contribution in [3.63, 3.8) is 0 Å². The van der Waals surface area contributed by atoms with Crippen LogP contribution in [0.1, 0.15) is 17.0 Å². The Balaban J connectivity index is 1.79. The Kier molecular flexibility index (Phi) is 3.41. The van der Waals surface area contributed by atoms with E-state index in [1.165, 1.54) is 11.1 Å². The highest BCUT2D eigenvalue weighted by Gasteiger charge is 2.04. The fraction of sp³-hybridized carbons (Fsp3) is 0.118. The van der Waals surface area contributed by atoms with Gasteiger partial charge in [0, 0.05) is 25.4 Å². The molecule has 0 unspecified atom stereocenters. The Morgan fingerprint density at radius 1 is 1.00 bits per heavy atom. The fourth-order valence-corrected chi connectivity index (χ4v) is 2.14. The molecule has 0 saturated carbocycles. The van der Waals surface area contributed by atoms with Crippen molar-refractivity contribution >= 4 is 0 Å². The molecule has 3 aromatic rings. The monoisotopic (exact) mass is 247 g/mol. The summed E-state index contributed by atoms with van der Waals surface area (Å²) < 4.78 is 2.19. The Bertz CT molecular complexity index is 571. The summed E-state index contributed by atoms with van der Waals surface area (Å²) in [6, 6.07) is 21.7. The Labute approximate surface area is 113 Å². The molecular formula is C17H15N2. The van der Waals surface area contributed by atoms with Crippen LogP contribution in [-0.2, 0) is 13.0 Å². The summed E-state index contributed by atoms with van der Waals surface area (Å²) in [6.07, 6.45) is 4.72. The van der Waals surface area contributed by atoms with Crippen LogP contribution in [0.4, 0.5) is 0 Å². The maximum Gasteiger partial charge on any atom is 0.113 e. The molecule has 1 aromatic heterocycles. The van der Waals surface area contributed by atoms with Crippen LogP contribution in [0.15, 0.2) is 67.0 Å². The van der Waals surface area contributed by atoms with Gasteiger partial charge in [-0.15, -0.1) is 0 Å². The van der Waals surface area contributed by atoms with E-state index in [0.29, 0.717) is 0 Å². The molecule has 0 aliphatic heterocycles. The van der Waals surface area contributed by atoms with Gasteiger partial charge in [0.15, 0.2) is 0 Å². The third-order valence-corrected chi connectivity index (χ3v) is 3.12. The van der Waals surface area contributed by atoms with Crippen LogP contribution in [-0.4, -0.2) is 9.55 Å². The minimum atomic E-state index is 0.820. The zero-order valence-electron chi connectivity index (χ0n) is 10.7. The van der Waals surface area contributed by atoms with E-state index in [1.807, 2.05) is 36.7 Å². The van der Waals surface area contributed by atoms with Gasteiger partial charge in [0.1, 0.15) is 5.82 Å². The highest BCUT2D eigenvalue weighted by Crippen LogP contribution is 2.10. The van der Waals surface area contributed by atoms with Crippen LogP contribution < -0.4 is 0 Å². The lowest BCUT2D eigenvalue weighted by Gasteiger charge is -2.08. The number of aromatic nitrogens is 2. The van der Waals surface area contributed by atoms with Gasteiger partial charge in [0.25, 0.3) is 0 Å². The smallest absolute Gasteiger partial charge is 0.113 e. The lowest BCUT2D eigenvalue weighted by molar-refractivity contribution is 0.740. The largest absolute Gasteiger partial charge is 0.330 e. The van der Waals surface area contributed by atoms with Gasteiger partial charge in [-0.1, -0.05) is 54.6 Å². The van der Waals surface area contributed by atoms with Crippen molar-refractivity contribution in [1.82, 2.24) is 9.55 Å². The lowest BCUT2D eigenvalue weighted by Crippen LogP contribution is -2.05. The van der Waals surface area contributed by atoms with Gasteiger partial charge in [0.05, 0.1) is 0 Å². The van der Waals surface area contributed by atoms with Crippen LogP contribution in [0, 0.1) is 6.07 Å². The van der Waals surface area contributed by atoms with Crippen LogP contribution >= 0.6 is 0 Å². The number of imidazole rings is 1. The van der Waals surface area contributed by atoms with Gasteiger partial charge >= 0.3 is 0 Å². The molecule has 1 heterocycles. The van der Waals surface area contributed by atoms with Gasteiger partial charge in [0.2, 0.25) is 0 Å². The van der Waals surface area contributed by atoms with Crippen molar-refractivity contribution in [2.24, 2.45) is 0 Å². The fourth-order valence-electron chi connectivity index (χ4n) is 2.14. The Morgan fingerprint density at radius 2 is 1.84 bits per heavy atom. The minimum absolute atomic E-state index is 0.820. The summed E-state index contributed by atoms with van der Waals surface area (Å²) >= 11 is 0. The molecule has 1 radical (unpaired) electrons. The van der Waals surface area contributed by atoms with Crippen molar-refractivity contribution in [2.75, 3.05) is 0 Å². The molecule has 2 nitrogen and oxygen atoms in total. The maximum absolute atomic E-state index is 4.45. The van der Waals surface area contributed by atoms with Crippen molar-refractivity contribution in [3.8, 4) is 0 Å². The molecule has 0 saturated heterocycles. The molecule has 2 aromatic carbocycles. The molecule has 93 valence electrons. The first-order chi connectivity index (χ1) is 9.42. The number of hydrogen-bond donors (Lipinski definition) is 0. The highest BCUT2D eigenvalue weighted by molar-refractivity contribution is 5.20. The van der Waals surface area contributed by atoms with E-state index >= 15 is 0 Å². The average Bonchev–Trinajstić information content (AvgIpc) is 2.88. The summed E-state index contributed by atoms with van der Waals surface area (Å²) in [5.74, 6) is 1.08. The topological polar surface area (TPSA) is 17.8 Å². The highest BCUT2D eigenvalue weighted by atomic mass is 15.1. The molecule has 0 aliphatic carbocycles. The van der Waals surface area contributed by atoms with E-state index in [2.05, 4.69) is 45.9 Å². The summed E-state index contributed by atoms with van der Waals surface area (Å²) in [7, 11) is 0. The maximum atomic E-state index is 4.45. The van der Waals surface area contributed by atoms with E-state index in [4.69, 9.17) is 0 Å². The molecule has 0 fully saturated rings. The molecule has 0 amide bonds. The van der Waals surface area contributed by atoms with E-state index in [9.17, 15) is 0 Å². The van der Waals surface area contributed by atoms with Crippen molar-refractivity contribution in [1.29, 1.82) is 0 Å². The minimum Gasteiger partial charge on any atom is -0.330 e. The molecular weight excluding hydrogens is 232 g/mol. The van der Waals surface area contributed by atoms with Gasteiger partial charge in [-0.25, -0.2) is 4.98 Å². The molecule has 0 bridgehead atoms. The second kappa shape index (κ2) is 5.53. The Hall–Kier alpha value is -2.35. The number of benzene rings is 2. The van der Waals surface area contributed by atoms with E-state index in [0.717, 1.165) is 18.8 Å². The molecule has 2 heteroatoms. The van der Waals surface area contributed by atoms with Crippen LogP contribution in [0.25, 0.3) is 0 Å².